The number of thiazole rings is 2. The zero-order valence-corrected chi connectivity index (χ0v) is 24.6. The Morgan fingerprint density at radius 1 is 0.923 bits per heavy atom. The van der Waals surface area contributed by atoms with Gasteiger partial charge in [-0.05, 0) is 48.9 Å². The highest BCUT2D eigenvalue weighted by Crippen LogP contribution is 2.28. The zero-order chi connectivity index (χ0) is 27.6. The maximum Gasteiger partial charge on any atom is 0.317 e. The number of hydrogen-bond acceptors (Lipinski definition) is 7. The van der Waals surface area contributed by atoms with Crippen molar-refractivity contribution in [2.75, 3.05) is 6.54 Å². The van der Waals surface area contributed by atoms with Gasteiger partial charge in [0.25, 0.3) is 0 Å². The van der Waals surface area contributed by atoms with Crippen LogP contribution in [0, 0.1) is 6.92 Å². The summed E-state index contributed by atoms with van der Waals surface area (Å²) in [5, 5.41) is 15.2. The zero-order valence-electron chi connectivity index (χ0n) is 22.9. The highest BCUT2D eigenvalue weighted by molar-refractivity contribution is 7.10. The van der Waals surface area contributed by atoms with Crippen LogP contribution in [0.25, 0.3) is 11.3 Å². The molecule has 0 amide bonds. The Morgan fingerprint density at radius 3 is 2.15 bits per heavy atom. The molecule has 0 saturated carbocycles. The van der Waals surface area contributed by atoms with Crippen molar-refractivity contribution in [3.63, 3.8) is 0 Å². The summed E-state index contributed by atoms with van der Waals surface area (Å²) in [6.45, 7) is 7.87. The lowest BCUT2D eigenvalue weighted by Gasteiger charge is -2.17. The van der Waals surface area contributed by atoms with E-state index in [1.54, 1.807) is 22.7 Å². The van der Waals surface area contributed by atoms with E-state index in [9.17, 15) is 9.90 Å². The van der Waals surface area contributed by atoms with E-state index < -0.39 is 5.97 Å². The number of carboxylic acids is 1. The molecule has 0 fully saturated rings. The lowest BCUT2D eigenvalue weighted by molar-refractivity contribution is -0.138. The van der Waals surface area contributed by atoms with Gasteiger partial charge in [0.15, 0.2) is 0 Å². The van der Waals surface area contributed by atoms with Gasteiger partial charge in [-0.25, -0.2) is 9.97 Å². The summed E-state index contributed by atoms with van der Waals surface area (Å²) < 4.78 is 6.05. The number of benzene rings is 2. The molecule has 0 bridgehead atoms. The molecule has 0 saturated heterocycles. The minimum absolute atomic E-state index is 0.0526. The van der Waals surface area contributed by atoms with E-state index in [2.05, 4.69) is 67.4 Å². The molecule has 0 unspecified atom stereocenters. The second-order valence-corrected chi connectivity index (χ2v) is 11.8. The van der Waals surface area contributed by atoms with E-state index in [0.717, 1.165) is 38.3 Å². The van der Waals surface area contributed by atoms with Crippen molar-refractivity contribution in [3.8, 4) is 17.0 Å². The molecule has 0 aliphatic heterocycles. The average molecular weight is 564 g/mol. The van der Waals surface area contributed by atoms with Crippen LogP contribution in [0.15, 0.2) is 59.3 Å². The smallest absolute Gasteiger partial charge is 0.317 e. The third-order valence-corrected chi connectivity index (χ3v) is 8.36. The quantitative estimate of drug-likeness (QED) is 0.158. The van der Waals surface area contributed by atoms with Crippen molar-refractivity contribution >= 4 is 28.6 Å². The maximum absolute atomic E-state index is 11.4. The molecular formula is C31H37N3O3S2. The summed E-state index contributed by atoms with van der Waals surface area (Å²) in [5.74, 6) is 0.666. The van der Waals surface area contributed by atoms with Crippen LogP contribution in [-0.4, -0.2) is 32.5 Å². The van der Waals surface area contributed by atoms with Crippen molar-refractivity contribution < 1.29 is 14.6 Å². The second kappa shape index (κ2) is 14.4. The minimum Gasteiger partial charge on any atom is -0.489 e. The van der Waals surface area contributed by atoms with Gasteiger partial charge in [-0.2, -0.15) is 0 Å². The summed E-state index contributed by atoms with van der Waals surface area (Å²) in [6, 6.07) is 16.9. The number of ether oxygens (including phenoxy) is 1. The molecular weight excluding hydrogens is 526 g/mol. The molecule has 0 atom stereocenters. The Hall–Kier alpha value is -3.07. The fraction of sp³-hybridized carbons (Fsp3) is 0.387. The van der Waals surface area contributed by atoms with Crippen LogP contribution in [-0.2, 0) is 24.5 Å². The van der Waals surface area contributed by atoms with Crippen LogP contribution in [0.4, 0.5) is 0 Å². The van der Waals surface area contributed by atoms with Crippen molar-refractivity contribution in [1.82, 2.24) is 14.9 Å². The number of carboxylic acid groups (broad SMARTS) is 1. The topological polar surface area (TPSA) is 75.5 Å². The summed E-state index contributed by atoms with van der Waals surface area (Å²) in [5.41, 5.74) is 5.38. The van der Waals surface area contributed by atoms with Crippen LogP contribution < -0.4 is 4.74 Å². The molecule has 4 rings (SSSR count). The molecule has 8 heteroatoms. The third-order valence-electron chi connectivity index (χ3n) is 6.58. The van der Waals surface area contributed by atoms with Gasteiger partial charge in [0.2, 0.25) is 0 Å². The monoisotopic (exact) mass is 563 g/mol. The van der Waals surface area contributed by atoms with Gasteiger partial charge in [0.05, 0.1) is 25.3 Å². The molecule has 2 aromatic heterocycles. The molecule has 4 aromatic rings. The van der Waals surface area contributed by atoms with Gasteiger partial charge in [0.1, 0.15) is 22.4 Å². The second-order valence-electron chi connectivity index (χ2n) is 9.88. The Morgan fingerprint density at radius 2 is 1.56 bits per heavy atom. The van der Waals surface area contributed by atoms with E-state index in [1.807, 2.05) is 22.6 Å². The number of carbonyl (C=O) groups is 1. The Balaban J connectivity index is 1.33. The molecule has 0 spiro atoms. The van der Waals surface area contributed by atoms with Gasteiger partial charge in [-0.1, -0.05) is 63.1 Å². The van der Waals surface area contributed by atoms with Gasteiger partial charge < -0.3 is 9.84 Å². The van der Waals surface area contributed by atoms with E-state index in [1.165, 1.54) is 31.2 Å². The molecule has 206 valence electrons. The standard InChI is InChI=1S/C31H37N3O3S2/c1-4-6-24(7-5-2)25-12-14-27(15-13-25)37-19-23-8-10-26(11-9-23)28-21-39-30(33-28)17-34(18-31(35)36)16-29-32-22(3)20-38-29/h8-15,20-21,24H,4-7,16-19H2,1-3H3,(H,35,36). The highest BCUT2D eigenvalue weighted by Gasteiger charge is 2.16. The van der Waals surface area contributed by atoms with Crippen LogP contribution >= 0.6 is 22.7 Å². The first-order chi connectivity index (χ1) is 18.9. The largest absolute Gasteiger partial charge is 0.489 e. The first-order valence-corrected chi connectivity index (χ1v) is 15.3. The normalized spacial score (nSPS) is 11.4. The summed E-state index contributed by atoms with van der Waals surface area (Å²) in [7, 11) is 0. The van der Waals surface area contributed by atoms with Crippen molar-refractivity contribution in [1.29, 1.82) is 0 Å². The third kappa shape index (κ3) is 8.71. The van der Waals surface area contributed by atoms with Gasteiger partial charge >= 0.3 is 5.97 Å². The first kappa shape index (κ1) is 28.9. The summed E-state index contributed by atoms with van der Waals surface area (Å²) >= 11 is 3.10. The number of aromatic nitrogens is 2. The summed E-state index contributed by atoms with van der Waals surface area (Å²) in [4.78, 5) is 22.5. The van der Waals surface area contributed by atoms with E-state index in [4.69, 9.17) is 9.72 Å². The number of nitrogens with zero attached hydrogens (tertiary/aromatic N) is 3. The molecule has 1 N–H and O–H groups in total. The highest BCUT2D eigenvalue weighted by atomic mass is 32.1. The number of rotatable bonds is 15. The van der Waals surface area contributed by atoms with E-state index >= 15 is 0 Å². The lowest BCUT2D eigenvalue weighted by atomic mass is 9.90. The Kier molecular flexibility index (Phi) is 10.6. The number of aliphatic carboxylic acids is 1. The molecule has 0 aliphatic carbocycles. The maximum atomic E-state index is 11.4. The Bertz CT molecular complexity index is 1310. The van der Waals surface area contributed by atoms with Crippen LogP contribution in [0.3, 0.4) is 0 Å². The van der Waals surface area contributed by atoms with Crippen LogP contribution in [0.2, 0.25) is 0 Å². The number of aryl methyl sites for hydroxylation is 1. The van der Waals surface area contributed by atoms with Crippen molar-refractivity contribution in [2.45, 2.75) is 72.1 Å². The van der Waals surface area contributed by atoms with E-state index in [-0.39, 0.29) is 6.54 Å². The summed E-state index contributed by atoms with van der Waals surface area (Å²) in [6.07, 6.45) is 4.87. The molecule has 6 nitrogen and oxygen atoms in total. The SMILES string of the molecule is CCCC(CCC)c1ccc(OCc2ccc(-c3csc(CN(CC(=O)O)Cc4nc(C)cs4)n3)cc2)cc1. The predicted octanol–water partition coefficient (Wildman–Crippen LogP) is 7.92. The lowest BCUT2D eigenvalue weighted by Crippen LogP contribution is -2.28. The van der Waals surface area contributed by atoms with E-state index in [0.29, 0.717) is 25.6 Å². The van der Waals surface area contributed by atoms with Crippen LogP contribution in [0.5, 0.6) is 5.75 Å². The minimum atomic E-state index is -0.856. The molecule has 0 aliphatic rings. The molecule has 39 heavy (non-hydrogen) atoms. The molecule has 2 aromatic carbocycles. The fourth-order valence-corrected chi connectivity index (χ4v) is 6.34. The first-order valence-electron chi connectivity index (χ1n) is 13.5. The molecule has 0 radical (unpaired) electrons. The average Bonchev–Trinajstić information content (AvgIpc) is 3.56. The number of hydrogen-bond donors (Lipinski definition) is 1. The van der Waals surface area contributed by atoms with Gasteiger partial charge in [0, 0.05) is 22.0 Å². The van der Waals surface area contributed by atoms with Crippen LogP contribution in [0.1, 0.15) is 72.3 Å². The van der Waals surface area contributed by atoms with Crippen molar-refractivity contribution in [3.05, 3.63) is 86.1 Å². The molecule has 2 heterocycles. The van der Waals surface area contributed by atoms with Crippen molar-refractivity contribution in [2.24, 2.45) is 0 Å². The fourth-order valence-electron chi connectivity index (χ4n) is 4.68. The van der Waals surface area contributed by atoms with Gasteiger partial charge in [-0.15, -0.1) is 22.7 Å². The predicted molar refractivity (Wildman–Crippen MR) is 159 cm³/mol. The van der Waals surface area contributed by atoms with Gasteiger partial charge in [-0.3, -0.25) is 9.69 Å². The Labute approximate surface area is 239 Å².